The molecule has 0 unspecified atom stereocenters. The molecule has 0 aliphatic carbocycles. The van der Waals surface area contributed by atoms with E-state index in [2.05, 4.69) is 9.97 Å². The van der Waals surface area contributed by atoms with E-state index in [1.807, 2.05) is 26.0 Å². The minimum atomic E-state index is -0.391. The van der Waals surface area contributed by atoms with Crippen molar-refractivity contribution in [2.75, 3.05) is 7.05 Å². The Bertz CT molecular complexity index is 935. The van der Waals surface area contributed by atoms with Crippen LogP contribution in [-0.2, 0) is 13.2 Å². The minimum Gasteiger partial charge on any atom is -0.484 e. The van der Waals surface area contributed by atoms with Gasteiger partial charge < -0.3 is 14.1 Å². The third-order valence-electron chi connectivity index (χ3n) is 3.83. The number of nitrogens with zero attached hydrogens (tertiary/aromatic N) is 3. The van der Waals surface area contributed by atoms with E-state index < -0.39 is 5.82 Å². The van der Waals surface area contributed by atoms with Crippen molar-refractivity contribution in [3.8, 4) is 5.75 Å². The molecule has 3 rings (SSSR count). The van der Waals surface area contributed by atoms with Crippen LogP contribution in [0.3, 0.4) is 0 Å². The summed E-state index contributed by atoms with van der Waals surface area (Å²) >= 11 is 0. The minimum absolute atomic E-state index is 0.000915. The highest BCUT2D eigenvalue weighted by Crippen LogP contribution is 2.15. The second kappa shape index (κ2) is 7.99. The van der Waals surface area contributed by atoms with E-state index in [0.29, 0.717) is 12.3 Å². The van der Waals surface area contributed by atoms with Gasteiger partial charge in [0.25, 0.3) is 5.91 Å². The molecule has 0 fully saturated rings. The Balaban J connectivity index is 1.61. The molecule has 0 aliphatic heterocycles. The van der Waals surface area contributed by atoms with Gasteiger partial charge in [-0.25, -0.2) is 9.37 Å². The maximum absolute atomic E-state index is 13.1. The molecule has 1 aromatic carbocycles. The topological polar surface area (TPSA) is 68.5 Å². The van der Waals surface area contributed by atoms with Gasteiger partial charge in [0.2, 0.25) is 5.89 Å². The number of ether oxygens (including phenoxy) is 1. The van der Waals surface area contributed by atoms with Crippen molar-refractivity contribution in [2.45, 2.75) is 27.0 Å². The summed E-state index contributed by atoms with van der Waals surface area (Å²) in [7, 11) is 1.68. The molecule has 0 atom stereocenters. The Morgan fingerprint density at radius 3 is 2.78 bits per heavy atom. The summed E-state index contributed by atoms with van der Waals surface area (Å²) in [5.74, 6) is -0.0753. The zero-order valence-corrected chi connectivity index (χ0v) is 15.4. The highest BCUT2D eigenvalue weighted by atomic mass is 19.1. The lowest BCUT2D eigenvalue weighted by molar-refractivity contribution is 0.0777. The number of carbonyl (C=O) groups is 1. The second-order valence-corrected chi connectivity index (χ2v) is 6.31. The monoisotopic (exact) mass is 369 g/mol. The molecule has 0 saturated heterocycles. The third-order valence-corrected chi connectivity index (χ3v) is 3.83. The third kappa shape index (κ3) is 4.91. The maximum atomic E-state index is 13.1. The van der Waals surface area contributed by atoms with Gasteiger partial charge in [-0.05, 0) is 43.7 Å². The average Bonchev–Trinajstić information content (AvgIpc) is 3.07. The molecule has 0 N–H and O–H groups in total. The van der Waals surface area contributed by atoms with E-state index in [-0.39, 0.29) is 24.1 Å². The molecule has 2 aromatic heterocycles. The van der Waals surface area contributed by atoms with Gasteiger partial charge in [-0.2, -0.15) is 0 Å². The van der Waals surface area contributed by atoms with E-state index >= 15 is 0 Å². The maximum Gasteiger partial charge on any atom is 0.275 e. The first-order chi connectivity index (χ1) is 12.9. The van der Waals surface area contributed by atoms with Crippen LogP contribution in [0.1, 0.15) is 33.3 Å². The average molecular weight is 369 g/mol. The van der Waals surface area contributed by atoms with Crippen LogP contribution in [0.25, 0.3) is 0 Å². The smallest absolute Gasteiger partial charge is 0.275 e. The Labute approximate surface area is 156 Å². The van der Waals surface area contributed by atoms with Crippen LogP contribution in [0.15, 0.2) is 47.1 Å². The Morgan fingerprint density at radius 2 is 2.04 bits per heavy atom. The van der Waals surface area contributed by atoms with Crippen molar-refractivity contribution in [2.24, 2.45) is 0 Å². The zero-order valence-electron chi connectivity index (χ0n) is 15.4. The van der Waals surface area contributed by atoms with Gasteiger partial charge in [-0.1, -0.05) is 6.07 Å². The molecular formula is C20H20FN3O3. The summed E-state index contributed by atoms with van der Waals surface area (Å²) in [6, 6.07) is 9.69. The molecule has 27 heavy (non-hydrogen) atoms. The standard InChI is InChI=1S/C20H20FN3O3/c1-13-7-14(2)22-16(8-13)10-24(3)20(25)18-11-27-19(23-18)12-26-17-6-4-5-15(21)9-17/h4-9,11H,10,12H2,1-3H3. The van der Waals surface area contributed by atoms with Crippen molar-refractivity contribution < 1.29 is 18.3 Å². The number of benzene rings is 1. The first-order valence-corrected chi connectivity index (χ1v) is 8.43. The van der Waals surface area contributed by atoms with Crippen LogP contribution < -0.4 is 4.74 Å². The number of aryl methyl sites for hydroxylation is 2. The zero-order chi connectivity index (χ0) is 19.4. The molecule has 0 aliphatic rings. The SMILES string of the molecule is Cc1cc(C)nc(CN(C)C(=O)c2coc(COc3cccc(F)c3)n2)c1. The van der Waals surface area contributed by atoms with Gasteiger partial charge in [-0.3, -0.25) is 9.78 Å². The van der Waals surface area contributed by atoms with Gasteiger partial charge in [0.15, 0.2) is 12.3 Å². The first-order valence-electron chi connectivity index (χ1n) is 8.43. The van der Waals surface area contributed by atoms with E-state index in [1.54, 1.807) is 19.2 Å². The number of amides is 1. The number of pyridine rings is 1. The van der Waals surface area contributed by atoms with E-state index in [4.69, 9.17) is 9.15 Å². The molecule has 6 nitrogen and oxygen atoms in total. The molecular weight excluding hydrogens is 349 g/mol. The van der Waals surface area contributed by atoms with E-state index in [0.717, 1.165) is 17.0 Å². The van der Waals surface area contributed by atoms with Gasteiger partial charge in [0, 0.05) is 18.8 Å². The van der Waals surface area contributed by atoms with Gasteiger partial charge >= 0.3 is 0 Å². The van der Waals surface area contributed by atoms with Gasteiger partial charge in [0.05, 0.1) is 12.2 Å². The number of hydrogen-bond acceptors (Lipinski definition) is 5. The lowest BCUT2D eigenvalue weighted by atomic mass is 10.2. The number of oxazole rings is 1. The van der Waals surface area contributed by atoms with E-state index in [1.165, 1.54) is 23.3 Å². The predicted molar refractivity (Wildman–Crippen MR) is 96.7 cm³/mol. The molecule has 0 spiro atoms. The molecule has 0 radical (unpaired) electrons. The summed E-state index contributed by atoms with van der Waals surface area (Å²) in [6.07, 6.45) is 1.29. The quantitative estimate of drug-likeness (QED) is 0.663. The Hall–Kier alpha value is -3.22. The Morgan fingerprint density at radius 1 is 1.22 bits per heavy atom. The van der Waals surface area contributed by atoms with Crippen LogP contribution >= 0.6 is 0 Å². The van der Waals surface area contributed by atoms with Crippen molar-refractivity contribution in [1.82, 2.24) is 14.9 Å². The van der Waals surface area contributed by atoms with Crippen molar-refractivity contribution >= 4 is 5.91 Å². The van der Waals surface area contributed by atoms with Gasteiger partial charge in [-0.15, -0.1) is 0 Å². The van der Waals surface area contributed by atoms with Crippen molar-refractivity contribution in [3.05, 3.63) is 77.0 Å². The molecule has 0 bridgehead atoms. The summed E-state index contributed by atoms with van der Waals surface area (Å²) in [6.45, 7) is 4.27. The summed E-state index contributed by atoms with van der Waals surface area (Å²) in [5.41, 5.74) is 2.99. The lowest BCUT2D eigenvalue weighted by Crippen LogP contribution is -2.27. The van der Waals surface area contributed by atoms with Crippen LogP contribution in [0.2, 0.25) is 0 Å². The molecule has 140 valence electrons. The van der Waals surface area contributed by atoms with E-state index in [9.17, 15) is 9.18 Å². The number of carbonyl (C=O) groups excluding carboxylic acids is 1. The Kier molecular flexibility index (Phi) is 5.49. The molecule has 3 aromatic rings. The second-order valence-electron chi connectivity index (χ2n) is 6.31. The fraction of sp³-hybridized carbons (Fsp3) is 0.250. The van der Waals surface area contributed by atoms with Crippen molar-refractivity contribution in [3.63, 3.8) is 0 Å². The molecule has 2 heterocycles. The highest BCUT2D eigenvalue weighted by molar-refractivity contribution is 5.91. The summed E-state index contributed by atoms with van der Waals surface area (Å²) in [5, 5.41) is 0. The van der Waals surface area contributed by atoms with Crippen LogP contribution in [0.4, 0.5) is 4.39 Å². The van der Waals surface area contributed by atoms with Crippen LogP contribution in [0.5, 0.6) is 5.75 Å². The normalized spacial score (nSPS) is 10.7. The van der Waals surface area contributed by atoms with Crippen LogP contribution in [-0.4, -0.2) is 27.8 Å². The number of rotatable bonds is 6. The number of aromatic nitrogens is 2. The van der Waals surface area contributed by atoms with Crippen LogP contribution in [0, 0.1) is 19.7 Å². The van der Waals surface area contributed by atoms with Gasteiger partial charge in [0.1, 0.15) is 17.8 Å². The number of halogens is 1. The molecule has 7 heteroatoms. The first kappa shape index (κ1) is 18.6. The summed E-state index contributed by atoms with van der Waals surface area (Å²) < 4.78 is 23.8. The fourth-order valence-electron chi connectivity index (χ4n) is 2.69. The fourth-order valence-corrected chi connectivity index (χ4v) is 2.69. The largest absolute Gasteiger partial charge is 0.484 e. The predicted octanol–water partition coefficient (Wildman–Crippen LogP) is 3.68. The molecule has 1 amide bonds. The molecule has 0 saturated carbocycles. The lowest BCUT2D eigenvalue weighted by Gasteiger charge is -2.15. The summed E-state index contributed by atoms with van der Waals surface area (Å²) in [4.78, 5) is 22.6. The highest BCUT2D eigenvalue weighted by Gasteiger charge is 2.18. The van der Waals surface area contributed by atoms with Crippen molar-refractivity contribution in [1.29, 1.82) is 0 Å². The number of hydrogen-bond donors (Lipinski definition) is 0.